The maximum Gasteiger partial charge on any atom is 0.274 e. The van der Waals surface area contributed by atoms with Crippen molar-refractivity contribution in [2.45, 2.75) is 31.7 Å². The zero-order valence-electron chi connectivity index (χ0n) is 21.4. The van der Waals surface area contributed by atoms with E-state index in [1.165, 1.54) is 12.8 Å². The van der Waals surface area contributed by atoms with Gasteiger partial charge >= 0.3 is 0 Å². The lowest BCUT2D eigenvalue weighted by Crippen LogP contribution is -2.15. The fourth-order valence-electron chi connectivity index (χ4n) is 4.36. The number of ether oxygens (including phenoxy) is 1. The van der Waals surface area contributed by atoms with Gasteiger partial charge in [0.25, 0.3) is 5.91 Å². The maximum absolute atomic E-state index is 13.1. The van der Waals surface area contributed by atoms with Gasteiger partial charge in [0, 0.05) is 47.0 Å². The molecule has 4 heterocycles. The average molecular weight is 518 g/mol. The number of nitrogens with zero attached hydrogens (tertiary/aromatic N) is 6. The van der Waals surface area contributed by atoms with Crippen LogP contribution in [0, 0.1) is 0 Å². The van der Waals surface area contributed by atoms with Gasteiger partial charge in [0.2, 0.25) is 0 Å². The van der Waals surface area contributed by atoms with Crippen LogP contribution in [0.1, 0.15) is 47.9 Å². The van der Waals surface area contributed by atoms with E-state index >= 15 is 0 Å². The van der Waals surface area contributed by atoms with Gasteiger partial charge in [-0.15, -0.1) is 10.2 Å². The maximum atomic E-state index is 13.1. The summed E-state index contributed by atoms with van der Waals surface area (Å²) in [6.07, 6.45) is 11.0. The normalized spacial score (nSPS) is 13.6. The minimum Gasteiger partial charge on any atom is -0.490 e. The zero-order chi connectivity index (χ0) is 26.6. The highest BCUT2D eigenvalue weighted by molar-refractivity contribution is 6.03. The number of hydrogen-bond donors (Lipinski definition) is 1. The summed E-state index contributed by atoms with van der Waals surface area (Å²) in [4.78, 5) is 26.1. The molecule has 6 rings (SSSR count). The van der Waals surface area contributed by atoms with E-state index in [1.54, 1.807) is 31.0 Å². The average Bonchev–Trinajstić information content (AvgIpc) is 3.72. The molecule has 1 saturated carbocycles. The lowest BCUT2D eigenvalue weighted by Gasteiger charge is -2.16. The van der Waals surface area contributed by atoms with Crippen molar-refractivity contribution in [2.24, 2.45) is 0 Å². The number of rotatable bonds is 9. The van der Waals surface area contributed by atoms with Crippen molar-refractivity contribution in [3.05, 3.63) is 103 Å². The van der Waals surface area contributed by atoms with E-state index in [2.05, 4.69) is 42.6 Å². The summed E-state index contributed by atoms with van der Waals surface area (Å²) in [5, 5.41) is 11.4. The summed E-state index contributed by atoms with van der Waals surface area (Å²) in [5.41, 5.74) is 4.77. The molecule has 1 aliphatic carbocycles. The van der Waals surface area contributed by atoms with Gasteiger partial charge in [0.1, 0.15) is 24.4 Å². The number of pyridine rings is 3. The summed E-state index contributed by atoms with van der Waals surface area (Å²) in [6.45, 7) is 2.45. The SMILES string of the molecule is CC(COc1cccnc1)n1cnnc1-c1cccc(NC(=O)c2cc(-c3ccc(C4CC4)nc3)ccn2)c1. The first kappa shape index (κ1) is 24.4. The second-order valence-electron chi connectivity index (χ2n) is 9.62. The Morgan fingerprint density at radius 1 is 1.00 bits per heavy atom. The number of aromatic nitrogens is 6. The summed E-state index contributed by atoms with van der Waals surface area (Å²) in [6, 6.07) is 19.0. The molecule has 1 unspecified atom stereocenters. The molecule has 1 amide bonds. The predicted molar refractivity (Wildman–Crippen MR) is 147 cm³/mol. The molecule has 0 aliphatic heterocycles. The first-order chi connectivity index (χ1) is 19.1. The lowest BCUT2D eigenvalue weighted by molar-refractivity contribution is 0.102. The molecule has 194 valence electrons. The van der Waals surface area contributed by atoms with Gasteiger partial charge in [-0.2, -0.15) is 0 Å². The van der Waals surface area contributed by atoms with Crippen LogP contribution in [0.5, 0.6) is 5.75 Å². The summed E-state index contributed by atoms with van der Waals surface area (Å²) in [7, 11) is 0. The zero-order valence-corrected chi connectivity index (χ0v) is 21.4. The quantitative estimate of drug-likeness (QED) is 0.272. The molecule has 9 nitrogen and oxygen atoms in total. The molecule has 0 radical (unpaired) electrons. The van der Waals surface area contributed by atoms with Gasteiger partial charge in [-0.3, -0.25) is 19.7 Å². The van der Waals surface area contributed by atoms with Crippen LogP contribution >= 0.6 is 0 Å². The van der Waals surface area contributed by atoms with Crippen LogP contribution in [0.3, 0.4) is 0 Å². The number of carbonyl (C=O) groups is 1. The number of amides is 1. The lowest BCUT2D eigenvalue weighted by atomic mass is 10.1. The number of benzene rings is 1. The van der Waals surface area contributed by atoms with Crippen LogP contribution in [0.15, 0.2) is 91.8 Å². The Morgan fingerprint density at radius 3 is 2.72 bits per heavy atom. The van der Waals surface area contributed by atoms with Crippen molar-refractivity contribution >= 4 is 11.6 Å². The summed E-state index contributed by atoms with van der Waals surface area (Å²) < 4.78 is 7.81. The number of hydrogen-bond acceptors (Lipinski definition) is 7. The van der Waals surface area contributed by atoms with Crippen LogP contribution in [0.4, 0.5) is 5.69 Å². The number of anilines is 1. The monoisotopic (exact) mass is 517 g/mol. The van der Waals surface area contributed by atoms with Crippen molar-refractivity contribution < 1.29 is 9.53 Å². The minimum atomic E-state index is -0.295. The van der Waals surface area contributed by atoms with Crippen LogP contribution < -0.4 is 10.1 Å². The second kappa shape index (κ2) is 10.8. The molecular formula is C30H27N7O2. The van der Waals surface area contributed by atoms with Crippen LogP contribution in [-0.2, 0) is 0 Å². The van der Waals surface area contributed by atoms with Crippen LogP contribution in [0.25, 0.3) is 22.5 Å². The Morgan fingerprint density at radius 2 is 1.92 bits per heavy atom. The molecule has 39 heavy (non-hydrogen) atoms. The Bertz CT molecular complexity index is 1580. The Labute approximate surface area is 226 Å². The summed E-state index contributed by atoms with van der Waals surface area (Å²) >= 11 is 0. The van der Waals surface area contributed by atoms with Crippen molar-refractivity contribution in [3.8, 4) is 28.3 Å². The van der Waals surface area contributed by atoms with E-state index in [4.69, 9.17) is 4.74 Å². The van der Waals surface area contributed by atoms with Crippen LogP contribution in [0.2, 0.25) is 0 Å². The van der Waals surface area contributed by atoms with E-state index < -0.39 is 0 Å². The number of nitrogens with one attached hydrogen (secondary N) is 1. The highest BCUT2D eigenvalue weighted by Crippen LogP contribution is 2.39. The first-order valence-corrected chi connectivity index (χ1v) is 12.9. The molecule has 1 atom stereocenters. The van der Waals surface area contributed by atoms with Crippen molar-refractivity contribution in [3.63, 3.8) is 0 Å². The fraction of sp³-hybridized carbons (Fsp3) is 0.200. The van der Waals surface area contributed by atoms with Gasteiger partial charge < -0.3 is 14.6 Å². The topological polar surface area (TPSA) is 108 Å². The molecule has 9 heteroatoms. The first-order valence-electron chi connectivity index (χ1n) is 12.9. The Kier molecular flexibility index (Phi) is 6.78. The third-order valence-corrected chi connectivity index (χ3v) is 6.66. The van der Waals surface area contributed by atoms with Gasteiger partial charge in [-0.05, 0) is 67.8 Å². The molecule has 1 fully saturated rings. The largest absolute Gasteiger partial charge is 0.490 e. The molecule has 1 aromatic carbocycles. The molecule has 0 saturated heterocycles. The highest BCUT2D eigenvalue weighted by Gasteiger charge is 2.24. The van der Waals surface area contributed by atoms with Crippen molar-refractivity contribution in [1.82, 2.24) is 29.7 Å². The third-order valence-electron chi connectivity index (χ3n) is 6.66. The van der Waals surface area contributed by atoms with E-state index in [-0.39, 0.29) is 11.9 Å². The molecule has 1 N–H and O–H groups in total. The van der Waals surface area contributed by atoms with Gasteiger partial charge in [-0.25, -0.2) is 0 Å². The smallest absolute Gasteiger partial charge is 0.274 e. The van der Waals surface area contributed by atoms with Crippen molar-refractivity contribution in [2.75, 3.05) is 11.9 Å². The molecule has 0 bridgehead atoms. The minimum absolute atomic E-state index is 0.0341. The van der Waals surface area contributed by atoms with Gasteiger partial charge in [-0.1, -0.05) is 18.2 Å². The van der Waals surface area contributed by atoms with Crippen LogP contribution in [-0.4, -0.2) is 42.2 Å². The summed E-state index contributed by atoms with van der Waals surface area (Å²) in [5.74, 6) is 1.69. The Balaban J connectivity index is 1.15. The van der Waals surface area contributed by atoms with E-state index in [0.29, 0.717) is 35.5 Å². The van der Waals surface area contributed by atoms with E-state index in [1.807, 2.05) is 60.2 Å². The van der Waals surface area contributed by atoms with E-state index in [9.17, 15) is 4.79 Å². The number of carbonyl (C=O) groups excluding carboxylic acids is 1. The van der Waals surface area contributed by atoms with Crippen molar-refractivity contribution in [1.29, 1.82) is 0 Å². The molecule has 0 spiro atoms. The highest BCUT2D eigenvalue weighted by atomic mass is 16.5. The molecule has 5 aromatic rings. The fourth-order valence-corrected chi connectivity index (χ4v) is 4.36. The molecular weight excluding hydrogens is 490 g/mol. The van der Waals surface area contributed by atoms with E-state index in [0.717, 1.165) is 22.4 Å². The standard InChI is InChI=1S/C30H27N7O2/c1-20(18-39-26-6-3-12-31-17-26)37-19-34-36-29(37)23-4-2-5-25(14-23)35-30(38)28-15-22(11-13-32-28)24-9-10-27(33-16-24)21-7-8-21/h2-6,9-17,19-21H,7-8,18H2,1H3,(H,35,38). The third kappa shape index (κ3) is 5.67. The molecule has 1 aliphatic rings. The Hall–Kier alpha value is -4.92. The molecule has 4 aromatic heterocycles. The van der Waals surface area contributed by atoms with Gasteiger partial charge in [0.05, 0.1) is 12.2 Å². The second-order valence-corrected chi connectivity index (χ2v) is 9.62. The van der Waals surface area contributed by atoms with Gasteiger partial charge in [0.15, 0.2) is 5.82 Å². The predicted octanol–water partition coefficient (Wildman–Crippen LogP) is 5.57.